The lowest BCUT2D eigenvalue weighted by molar-refractivity contribution is 0.0668. The van der Waals surface area contributed by atoms with Gasteiger partial charge in [-0.1, -0.05) is 275 Å². The van der Waals surface area contributed by atoms with Crippen molar-refractivity contribution in [1.82, 2.24) is 0 Å². The second-order valence-corrected chi connectivity index (χ2v) is 29.5. The van der Waals surface area contributed by atoms with Crippen molar-refractivity contribution in [1.29, 1.82) is 0 Å². The molecule has 0 saturated heterocycles. The number of unbranched alkanes of at least 4 members (excludes halogenated alkanes) is 12. The van der Waals surface area contributed by atoms with Crippen LogP contribution in [-0.2, 0) is 11.2 Å². The van der Waals surface area contributed by atoms with Gasteiger partial charge in [0.15, 0.2) is 0 Å². The molecule has 4 aliphatic rings. The van der Waals surface area contributed by atoms with E-state index in [-0.39, 0.29) is 0 Å². The largest absolute Gasteiger partial charge is 0.493 e. The number of rotatable bonds is 26. The molecule has 15 aromatic carbocycles. The van der Waals surface area contributed by atoms with E-state index in [9.17, 15) is 0 Å². The van der Waals surface area contributed by atoms with Crippen LogP contribution in [0.4, 0.5) is 0 Å². The Labute approximate surface area is 585 Å². The lowest BCUT2D eigenvalue weighted by atomic mass is 9.69. The number of fused-ring (bicyclic) bond motifs is 10. The molecule has 0 aliphatic heterocycles. The van der Waals surface area contributed by atoms with Gasteiger partial charge in [-0.05, 0) is 157 Å². The van der Waals surface area contributed by atoms with Crippen LogP contribution in [0.15, 0.2) is 182 Å². The first kappa shape index (κ1) is 61.6. The van der Waals surface area contributed by atoms with Gasteiger partial charge in [-0.25, -0.2) is 0 Å². The second-order valence-electron chi connectivity index (χ2n) is 29.5. The molecule has 0 fully saturated rings. The van der Waals surface area contributed by atoms with E-state index in [2.05, 4.69) is 210 Å². The summed E-state index contributed by atoms with van der Waals surface area (Å²) in [6.45, 7) is 11.2. The summed E-state index contributed by atoms with van der Waals surface area (Å²) in [6, 6.07) is 67.0. The van der Waals surface area contributed by atoms with Gasteiger partial charge >= 0.3 is 0 Å². The van der Waals surface area contributed by atoms with Gasteiger partial charge < -0.3 is 29.2 Å². The molecule has 0 atom stereocenters. The van der Waals surface area contributed by atoms with Crippen LogP contribution < -0.4 is 18.9 Å². The Kier molecular flexibility index (Phi) is 14.9. The molecule has 498 valence electrons. The van der Waals surface area contributed by atoms with Crippen LogP contribution in [0.3, 0.4) is 0 Å². The summed E-state index contributed by atoms with van der Waals surface area (Å²) < 4.78 is 30.0. The number of ether oxygens (including phenoxy) is 4. The first-order valence-corrected chi connectivity index (χ1v) is 37.9. The third kappa shape index (κ3) is 8.50. The van der Waals surface area contributed by atoms with Gasteiger partial charge in [-0.15, -0.1) is 0 Å². The van der Waals surface area contributed by atoms with Crippen LogP contribution in [-0.4, -0.2) is 36.6 Å². The molecule has 6 heteroatoms. The van der Waals surface area contributed by atoms with E-state index in [1.807, 2.05) is 0 Å². The summed E-state index contributed by atoms with van der Waals surface area (Å²) in [7, 11) is 0. The minimum Gasteiger partial charge on any atom is -0.493 e. The average Bonchev–Trinajstić information content (AvgIpc) is 1.35. The van der Waals surface area contributed by atoms with Crippen LogP contribution in [0.25, 0.3) is 130 Å². The number of aliphatic hydroxyl groups is 2. The summed E-state index contributed by atoms with van der Waals surface area (Å²) in [5, 5.41) is 52.9. The second kappa shape index (κ2) is 24.1. The number of hydrogen-bond donors (Lipinski definition) is 2. The highest BCUT2D eigenvalue weighted by Crippen LogP contribution is 2.68. The van der Waals surface area contributed by atoms with E-state index < -0.39 is 23.0 Å². The van der Waals surface area contributed by atoms with Crippen molar-refractivity contribution in [3.63, 3.8) is 0 Å². The molecule has 0 radical (unpaired) electrons. The molecule has 0 saturated carbocycles. The van der Waals surface area contributed by atoms with Gasteiger partial charge in [-0.3, -0.25) is 0 Å². The maximum atomic E-state index is 15.9. The zero-order valence-corrected chi connectivity index (χ0v) is 58.1. The molecular weight excluding hydrogens is 1230 g/mol. The molecule has 2 N–H and O–H groups in total. The zero-order valence-electron chi connectivity index (χ0n) is 58.1. The normalized spacial score (nSPS) is 14.8. The summed E-state index contributed by atoms with van der Waals surface area (Å²) in [4.78, 5) is 0. The minimum atomic E-state index is -1.68. The van der Waals surface area contributed by atoms with Gasteiger partial charge in [0.05, 0.1) is 26.4 Å². The van der Waals surface area contributed by atoms with Crippen LogP contribution in [0.1, 0.15) is 187 Å². The third-order valence-corrected chi connectivity index (χ3v) is 24.0. The summed E-state index contributed by atoms with van der Waals surface area (Å²) in [5.74, 6) is 2.12. The Morgan fingerprint density at radius 2 is 0.480 bits per heavy atom. The maximum absolute atomic E-state index is 15.9. The molecule has 19 rings (SSSR count). The molecule has 6 nitrogen and oxygen atoms in total. The van der Waals surface area contributed by atoms with Gasteiger partial charge in [0, 0.05) is 67.1 Å². The quantitative estimate of drug-likeness (QED) is 0.0320. The lowest BCUT2D eigenvalue weighted by Gasteiger charge is -2.38. The topological polar surface area (TPSA) is 77.4 Å². The summed E-state index contributed by atoms with van der Waals surface area (Å²) in [5.41, 5.74) is 9.04. The fraction of sp³-hybridized carbons (Fsp3) is 0.298. The third-order valence-electron chi connectivity index (χ3n) is 24.0. The molecule has 0 heterocycles. The molecule has 0 amide bonds. The smallest absolute Gasteiger partial charge is 0.131 e. The van der Waals surface area contributed by atoms with E-state index in [1.165, 1.54) is 0 Å². The lowest BCUT2D eigenvalue weighted by Crippen LogP contribution is -2.35. The fourth-order valence-electron chi connectivity index (χ4n) is 19.9. The Hall–Kier alpha value is -9.46. The minimum absolute atomic E-state index is 0.519. The van der Waals surface area contributed by atoms with Crippen LogP contribution in [0.2, 0.25) is 0 Å². The highest BCUT2D eigenvalue weighted by atomic mass is 16.5. The van der Waals surface area contributed by atoms with Crippen molar-refractivity contribution >= 4 is 108 Å². The number of benzene rings is 15. The summed E-state index contributed by atoms with van der Waals surface area (Å²) >= 11 is 0. The zero-order chi connectivity index (χ0) is 67.1. The maximum Gasteiger partial charge on any atom is 0.131 e. The summed E-state index contributed by atoms with van der Waals surface area (Å²) in [6.07, 6.45) is 16.9. The molecule has 4 aliphatic carbocycles. The predicted molar refractivity (Wildman–Crippen MR) is 416 cm³/mol. The van der Waals surface area contributed by atoms with Crippen LogP contribution >= 0.6 is 0 Å². The SMILES string of the molecule is CCCCCCOc1cc(OCCCCCC)c2c3cccc4c3c3c5c6c(cccc6c6c(OCCCCCC)cc(OCCCCCC)c7c8cccc9c8c(c8c%10c(cccc%10c1c2c83)C9(O)C1c2ccccc2-c2ccccc21)c5c76)C4(O)C1c2ccccc2-c2ccccc21. The highest BCUT2D eigenvalue weighted by molar-refractivity contribution is 6.57. The van der Waals surface area contributed by atoms with Crippen molar-refractivity contribution in [2.45, 2.75) is 153 Å². The Morgan fingerprint density at radius 1 is 0.250 bits per heavy atom. The highest BCUT2D eigenvalue weighted by Gasteiger charge is 2.53. The van der Waals surface area contributed by atoms with Crippen molar-refractivity contribution < 1.29 is 29.2 Å². The monoisotopic (exact) mass is 1310 g/mol. The first-order valence-electron chi connectivity index (χ1n) is 37.9. The molecule has 0 bridgehead atoms. The molecule has 15 aromatic rings. The van der Waals surface area contributed by atoms with Crippen LogP contribution in [0, 0.1) is 0 Å². The Bertz CT molecular complexity index is 5130. The van der Waals surface area contributed by atoms with Crippen molar-refractivity contribution in [2.24, 2.45) is 0 Å². The van der Waals surface area contributed by atoms with Gasteiger partial charge in [0.25, 0.3) is 0 Å². The van der Waals surface area contributed by atoms with Crippen molar-refractivity contribution in [2.75, 3.05) is 26.4 Å². The molecule has 100 heavy (non-hydrogen) atoms. The van der Waals surface area contributed by atoms with E-state index in [0.717, 1.165) is 300 Å². The molecule has 0 unspecified atom stereocenters. The van der Waals surface area contributed by atoms with Crippen LogP contribution in [0.5, 0.6) is 23.0 Å². The van der Waals surface area contributed by atoms with E-state index in [4.69, 9.17) is 18.9 Å². The Balaban J connectivity index is 1.09. The molecule has 0 spiro atoms. The van der Waals surface area contributed by atoms with Gasteiger partial charge in [0.1, 0.15) is 34.2 Å². The predicted octanol–water partition coefficient (Wildman–Crippen LogP) is 24.7. The molecular formula is C94H86O6. The van der Waals surface area contributed by atoms with E-state index in [1.54, 1.807) is 0 Å². The standard InChI is InChI=1S/C94H86O6/c1-5-9-13-25-49-97-71-53-72(98-50-26-14-10-6-2)80-64-42-30-46-68-76(64)84-86-78-66(44-32-48-70(78)94(68,96)92-61-39-23-19-35-57(61)58-36-20-24-40-62(58)92)82-74(100-52-28-16-12-8-4)54-73(99-51-27-15-11-7-3)81-65-43-31-47-69-77(65)85(90(86)88(81)82)83-75-63(79(71)87(80)89(83)84)41-29-45-67(75)93(69,95)91-59-37-21-17-33-55(59)56-34-18-22-38-60(56)91/h17-24,29-48,53-54,91-92,95-96H,5-16,25-28,49-52H2,1-4H3. The van der Waals surface area contributed by atoms with E-state index >= 15 is 10.2 Å². The first-order chi connectivity index (χ1) is 49.4. The van der Waals surface area contributed by atoms with Crippen molar-refractivity contribution in [3.8, 4) is 45.3 Å². The van der Waals surface area contributed by atoms with E-state index in [0.29, 0.717) is 26.4 Å². The Morgan fingerprint density at radius 3 is 0.730 bits per heavy atom. The van der Waals surface area contributed by atoms with Crippen molar-refractivity contribution in [3.05, 3.63) is 226 Å². The fourth-order valence-corrected chi connectivity index (χ4v) is 19.9. The molecule has 0 aromatic heterocycles. The average molecular weight is 1310 g/mol. The van der Waals surface area contributed by atoms with Gasteiger partial charge in [-0.2, -0.15) is 0 Å². The van der Waals surface area contributed by atoms with Gasteiger partial charge in [0.2, 0.25) is 0 Å². The number of hydrogen-bond acceptors (Lipinski definition) is 6.